The molecule has 3 heterocycles. The molecule has 176 valence electrons. The minimum atomic E-state index is -0.308. The van der Waals surface area contributed by atoms with Crippen LogP contribution >= 0.6 is 22.7 Å². The van der Waals surface area contributed by atoms with Crippen molar-refractivity contribution in [2.75, 3.05) is 0 Å². The van der Waals surface area contributed by atoms with E-state index >= 15 is 0 Å². The molecule has 0 saturated carbocycles. The van der Waals surface area contributed by atoms with Crippen LogP contribution < -0.4 is 5.56 Å². The fourth-order valence-corrected chi connectivity index (χ4v) is 5.56. The van der Waals surface area contributed by atoms with E-state index in [9.17, 15) is 4.79 Å². The Balaban J connectivity index is 1.56. The lowest BCUT2D eigenvalue weighted by atomic mass is 10.1. The highest BCUT2D eigenvalue weighted by Gasteiger charge is 2.19. The zero-order valence-electron chi connectivity index (χ0n) is 19.6. The molecule has 0 amide bonds. The maximum atomic E-state index is 13.5. The fourth-order valence-electron chi connectivity index (χ4n) is 3.68. The molecule has 35 heavy (non-hydrogen) atoms. The van der Waals surface area contributed by atoms with Crippen molar-refractivity contribution >= 4 is 33.5 Å². The number of benzene rings is 2. The van der Waals surface area contributed by atoms with Crippen molar-refractivity contribution < 1.29 is 0 Å². The first kappa shape index (κ1) is 23.1. The van der Waals surface area contributed by atoms with Crippen molar-refractivity contribution in [3.05, 3.63) is 87.0 Å². The van der Waals surface area contributed by atoms with Crippen LogP contribution in [0.1, 0.15) is 24.4 Å². The summed E-state index contributed by atoms with van der Waals surface area (Å²) in [6.45, 7) is 6.34. The van der Waals surface area contributed by atoms with Gasteiger partial charge >= 0.3 is 5.56 Å². The van der Waals surface area contributed by atoms with Crippen LogP contribution in [0.4, 0.5) is 10.8 Å². The smallest absolute Gasteiger partial charge is 0.286 e. The summed E-state index contributed by atoms with van der Waals surface area (Å²) in [7, 11) is 0. The molecule has 0 saturated heterocycles. The quantitative estimate of drug-likeness (QED) is 0.237. The van der Waals surface area contributed by atoms with Crippen LogP contribution in [-0.4, -0.2) is 19.7 Å². The highest BCUT2D eigenvalue weighted by molar-refractivity contribution is 7.15. The highest BCUT2D eigenvalue weighted by Crippen LogP contribution is 2.32. The first-order valence-corrected chi connectivity index (χ1v) is 13.0. The van der Waals surface area contributed by atoms with Crippen LogP contribution in [-0.2, 0) is 6.42 Å². The normalized spacial score (nSPS) is 11.7. The molecule has 1 N–H and O–H groups in total. The number of rotatable bonds is 7. The summed E-state index contributed by atoms with van der Waals surface area (Å²) in [6, 6.07) is 19.5. The molecule has 3 aromatic heterocycles. The van der Waals surface area contributed by atoms with E-state index in [1.165, 1.54) is 32.2 Å². The topological polar surface area (TPSA) is 88.3 Å². The molecule has 0 spiro atoms. The molecule has 0 aliphatic heterocycles. The van der Waals surface area contributed by atoms with Crippen molar-refractivity contribution in [2.24, 2.45) is 16.1 Å². The van der Waals surface area contributed by atoms with Gasteiger partial charge in [-0.3, -0.25) is 9.89 Å². The van der Waals surface area contributed by atoms with Gasteiger partial charge in [0.2, 0.25) is 10.3 Å². The molecule has 9 heteroatoms. The van der Waals surface area contributed by atoms with Gasteiger partial charge in [-0.2, -0.15) is 4.68 Å². The summed E-state index contributed by atoms with van der Waals surface area (Å²) in [5, 5.41) is 15.0. The van der Waals surface area contributed by atoms with Gasteiger partial charge in [-0.25, -0.2) is 9.97 Å². The summed E-state index contributed by atoms with van der Waals surface area (Å²) in [6.07, 6.45) is 0.943. The molecular formula is C26H24N6OS2. The maximum Gasteiger partial charge on any atom is 0.301 e. The second-order valence-corrected chi connectivity index (χ2v) is 10.4. The van der Waals surface area contributed by atoms with Gasteiger partial charge in [-0.1, -0.05) is 85.8 Å². The van der Waals surface area contributed by atoms with Gasteiger partial charge in [-0.15, -0.1) is 21.6 Å². The Hall–Kier alpha value is -3.69. The average molecular weight is 501 g/mol. The number of thiazole rings is 2. The molecule has 7 nitrogen and oxygen atoms in total. The van der Waals surface area contributed by atoms with Gasteiger partial charge in [0.1, 0.15) is 0 Å². The van der Waals surface area contributed by atoms with Crippen molar-refractivity contribution in [1.82, 2.24) is 19.7 Å². The third kappa shape index (κ3) is 4.91. The van der Waals surface area contributed by atoms with Crippen molar-refractivity contribution in [2.45, 2.75) is 27.2 Å². The van der Waals surface area contributed by atoms with Crippen LogP contribution in [0.15, 0.2) is 81.1 Å². The number of hydrogen-bond acceptors (Lipinski definition) is 7. The monoisotopic (exact) mass is 500 g/mol. The number of aryl methyl sites for hydroxylation is 1. The molecule has 5 aromatic rings. The second kappa shape index (κ2) is 9.89. The van der Waals surface area contributed by atoms with Gasteiger partial charge < -0.3 is 0 Å². The molecule has 0 bridgehead atoms. The Kier molecular flexibility index (Phi) is 6.52. The third-order valence-electron chi connectivity index (χ3n) is 5.39. The SMILES string of the molecule is Cc1nc(N=Nc2c(-c3ccccc3)[nH]n(-c3nc(-c4ccccc4)cs3)c2=O)sc1CC(C)C. The number of azo groups is 1. The Bertz CT molecular complexity index is 1530. The van der Waals surface area contributed by atoms with Crippen LogP contribution in [0.5, 0.6) is 0 Å². The molecule has 0 atom stereocenters. The van der Waals surface area contributed by atoms with E-state index in [1.54, 1.807) is 0 Å². The first-order valence-electron chi connectivity index (χ1n) is 11.3. The van der Waals surface area contributed by atoms with Crippen molar-refractivity contribution in [3.8, 4) is 27.6 Å². The third-order valence-corrected chi connectivity index (χ3v) is 7.28. The zero-order chi connectivity index (χ0) is 24.4. The van der Waals surface area contributed by atoms with Crippen molar-refractivity contribution in [1.29, 1.82) is 0 Å². The number of H-pyrrole nitrogens is 1. The summed E-state index contributed by atoms with van der Waals surface area (Å²) in [5.41, 5.74) is 4.12. The predicted octanol–water partition coefficient (Wildman–Crippen LogP) is 7.33. The summed E-state index contributed by atoms with van der Waals surface area (Å²) in [5.74, 6) is 0.527. The Morgan fingerprint density at radius 2 is 1.66 bits per heavy atom. The van der Waals surface area contributed by atoms with E-state index in [0.717, 1.165) is 28.9 Å². The number of nitrogens with zero attached hydrogens (tertiary/aromatic N) is 5. The molecule has 0 unspecified atom stereocenters. The highest BCUT2D eigenvalue weighted by atomic mass is 32.1. The summed E-state index contributed by atoms with van der Waals surface area (Å²) < 4.78 is 1.44. The number of aromatic nitrogens is 4. The standard InChI is InChI=1S/C26H24N6OS2/c1-16(2)14-21-17(3)27-25(35-21)30-29-23-22(19-12-8-5-9-13-19)31-32(24(23)33)26-28-20(15-34-26)18-10-6-4-7-11-18/h4-13,15-16,31H,14H2,1-3H3. The van der Waals surface area contributed by atoms with E-state index < -0.39 is 0 Å². The van der Waals surface area contributed by atoms with Crippen LogP contribution in [0.3, 0.4) is 0 Å². The summed E-state index contributed by atoms with van der Waals surface area (Å²) in [4.78, 5) is 23.9. The van der Waals surface area contributed by atoms with Crippen LogP contribution in [0.25, 0.3) is 27.6 Å². The Morgan fingerprint density at radius 3 is 2.34 bits per heavy atom. The lowest BCUT2D eigenvalue weighted by molar-refractivity contribution is 0.651. The molecule has 0 aliphatic carbocycles. The fraction of sp³-hybridized carbons (Fsp3) is 0.192. The molecule has 0 aliphatic rings. The minimum absolute atomic E-state index is 0.228. The lowest BCUT2D eigenvalue weighted by Crippen LogP contribution is -2.13. The molecule has 0 radical (unpaired) electrons. The molecular weight excluding hydrogens is 476 g/mol. The molecule has 0 fully saturated rings. The summed E-state index contributed by atoms with van der Waals surface area (Å²) >= 11 is 2.91. The van der Waals surface area contributed by atoms with E-state index in [-0.39, 0.29) is 11.2 Å². The molecule has 2 aromatic carbocycles. The van der Waals surface area contributed by atoms with Crippen molar-refractivity contribution in [3.63, 3.8) is 0 Å². The van der Waals surface area contributed by atoms with E-state index in [4.69, 9.17) is 0 Å². The lowest BCUT2D eigenvalue weighted by Gasteiger charge is -2.00. The number of hydrogen-bond donors (Lipinski definition) is 1. The number of aromatic amines is 1. The first-order chi connectivity index (χ1) is 17.0. The maximum absolute atomic E-state index is 13.5. The van der Waals surface area contributed by atoms with Crippen LogP contribution in [0, 0.1) is 12.8 Å². The van der Waals surface area contributed by atoms with Gasteiger partial charge in [0.05, 0.1) is 17.1 Å². The zero-order valence-corrected chi connectivity index (χ0v) is 21.2. The second-order valence-electron chi connectivity index (χ2n) is 8.53. The van der Waals surface area contributed by atoms with E-state index in [1.807, 2.05) is 73.0 Å². The van der Waals surface area contributed by atoms with Gasteiger partial charge in [0, 0.05) is 21.4 Å². The van der Waals surface area contributed by atoms with E-state index in [2.05, 4.69) is 39.1 Å². The Morgan fingerprint density at radius 1 is 0.971 bits per heavy atom. The minimum Gasteiger partial charge on any atom is -0.286 e. The average Bonchev–Trinajstić information content (AvgIpc) is 3.56. The predicted molar refractivity (Wildman–Crippen MR) is 143 cm³/mol. The Labute approximate surface area is 210 Å². The van der Waals surface area contributed by atoms with Gasteiger partial charge in [-0.05, 0) is 19.3 Å². The van der Waals surface area contributed by atoms with Crippen LogP contribution in [0.2, 0.25) is 0 Å². The van der Waals surface area contributed by atoms with Gasteiger partial charge in [0.25, 0.3) is 0 Å². The number of nitrogens with one attached hydrogen (secondary N) is 1. The van der Waals surface area contributed by atoms with E-state index in [0.29, 0.717) is 21.9 Å². The largest absolute Gasteiger partial charge is 0.301 e. The molecule has 5 rings (SSSR count). The van der Waals surface area contributed by atoms with Gasteiger partial charge in [0.15, 0.2) is 5.69 Å².